The summed E-state index contributed by atoms with van der Waals surface area (Å²) in [6.07, 6.45) is 9.27. The van der Waals surface area contributed by atoms with E-state index in [1.807, 2.05) is 25.1 Å². The van der Waals surface area contributed by atoms with E-state index in [9.17, 15) is 9.59 Å². The van der Waals surface area contributed by atoms with Crippen molar-refractivity contribution in [1.82, 2.24) is 15.3 Å². The van der Waals surface area contributed by atoms with Gasteiger partial charge in [0, 0.05) is 42.7 Å². The summed E-state index contributed by atoms with van der Waals surface area (Å²) in [6.45, 7) is 2.46. The van der Waals surface area contributed by atoms with E-state index in [0.717, 1.165) is 55.6 Å². The molecule has 1 aliphatic carbocycles. The van der Waals surface area contributed by atoms with Crippen molar-refractivity contribution in [2.75, 3.05) is 17.2 Å². The molecule has 7 nitrogen and oxygen atoms in total. The lowest BCUT2D eigenvalue weighted by Gasteiger charge is -2.16. The van der Waals surface area contributed by atoms with Crippen LogP contribution in [0.2, 0.25) is 0 Å². The Hall–Kier alpha value is -2.83. The lowest BCUT2D eigenvalue weighted by molar-refractivity contribution is -0.119. The zero-order valence-electron chi connectivity index (χ0n) is 15.7. The van der Waals surface area contributed by atoms with Crippen LogP contribution in [0, 0.1) is 12.8 Å². The Morgan fingerprint density at radius 3 is 2.63 bits per heavy atom. The molecule has 0 spiro atoms. The average molecular weight is 369 g/mol. The van der Waals surface area contributed by atoms with Gasteiger partial charge in [0.15, 0.2) is 0 Å². The number of aryl methyl sites for hydroxylation is 1. The highest BCUT2D eigenvalue weighted by atomic mass is 16.2. The molecule has 4 N–H and O–H groups in total. The fourth-order valence-electron chi connectivity index (χ4n) is 3.39. The van der Waals surface area contributed by atoms with Crippen molar-refractivity contribution in [3.05, 3.63) is 42.0 Å². The van der Waals surface area contributed by atoms with Gasteiger partial charge in [0.2, 0.25) is 5.91 Å². The fraction of sp³-hybridized carbons (Fsp3) is 0.450. The van der Waals surface area contributed by atoms with Gasteiger partial charge in [-0.25, -0.2) is 9.78 Å². The van der Waals surface area contributed by atoms with E-state index in [4.69, 9.17) is 0 Å². The van der Waals surface area contributed by atoms with Crippen molar-refractivity contribution in [3.8, 4) is 0 Å². The first kappa shape index (κ1) is 18.9. The first-order valence-corrected chi connectivity index (χ1v) is 9.57. The standard InChI is InChI=1S/C20H27N5O2/c1-14-16(24-19(26)15-6-2-3-7-15)8-4-9-17(14)25-20(27)23-11-5-10-18-21-12-13-22-18/h4,8-9,12-13,15H,2-3,5-7,10-11H2,1H3,(H,21,22)(H,24,26)(H2,23,25,27). The number of amides is 3. The smallest absolute Gasteiger partial charge is 0.319 e. The van der Waals surface area contributed by atoms with E-state index >= 15 is 0 Å². The fourth-order valence-corrected chi connectivity index (χ4v) is 3.39. The number of hydrogen-bond acceptors (Lipinski definition) is 3. The molecule has 0 unspecified atom stereocenters. The Morgan fingerprint density at radius 2 is 1.93 bits per heavy atom. The highest BCUT2D eigenvalue weighted by Crippen LogP contribution is 2.28. The van der Waals surface area contributed by atoms with Crippen LogP contribution in [0.5, 0.6) is 0 Å². The summed E-state index contributed by atoms with van der Waals surface area (Å²) in [5.41, 5.74) is 2.31. The second-order valence-corrected chi connectivity index (χ2v) is 6.97. The van der Waals surface area contributed by atoms with Crippen molar-refractivity contribution in [3.63, 3.8) is 0 Å². The number of benzene rings is 1. The molecule has 3 rings (SSSR count). The molecule has 144 valence electrons. The summed E-state index contributed by atoms with van der Waals surface area (Å²) in [7, 11) is 0. The number of anilines is 2. The van der Waals surface area contributed by atoms with E-state index in [1.165, 1.54) is 0 Å². The van der Waals surface area contributed by atoms with Crippen molar-refractivity contribution < 1.29 is 9.59 Å². The minimum atomic E-state index is -0.253. The van der Waals surface area contributed by atoms with Gasteiger partial charge in [-0.2, -0.15) is 0 Å². The summed E-state index contributed by atoms with van der Waals surface area (Å²) in [4.78, 5) is 31.7. The maximum atomic E-state index is 12.4. The van der Waals surface area contributed by atoms with Gasteiger partial charge in [0.25, 0.3) is 0 Å². The number of aromatic amines is 1. The number of imidazole rings is 1. The predicted octanol–water partition coefficient (Wildman–Crippen LogP) is 3.60. The van der Waals surface area contributed by atoms with Crippen molar-refractivity contribution >= 4 is 23.3 Å². The zero-order chi connectivity index (χ0) is 19.1. The number of H-pyrrole nitrogens is 1. The van der Waals surface area contributed by atoms with E-state index < -0.39 is 0 Å². The summed E-state index contributed by atoms with van der Waals surface area (Å²) in [6, 6.07) is 5.29. The number of carbonyl (C=O) groups excluding carboxylic acids is 2. The topological polar surface area (TPSA) is 98.9 Å². The summed E-state index contributed by atoms with van der Waals surface area (Å²) < 4.78 is 0. The van der Waals surface area contributed by atoms with Gasteiger partial charge in [-0.05, 0) is 43.9 Å². The average Bonchev–Trinajstić information content (AvgIpc) is 3.36. The van der Waals surface area contributed by atoms with Gasteiger partial charge in [0.05, 0.1) is 0 Å². The molecule has 1 fully saturated rings. The van der Waals surface area contributed by atoms with E-state index in [2.05, 4.69) is 25.9 Å². The molecule has 1 saturated carbocycles. The third-order valence-corrected chi connectivity index (χ3v) is 5.00. The van der Waals surface area contributed by atoms with Gasteiger partial charge < -0.3 is 20.9 Å². The van der Waals surface area contributed by atoms with Crippen LogP contribution >= 0.6 is 0 Å². The number of urea groups is 1. The van der Waals surface area contributed by atoms with Crippen molar-refractivity contribution in [2.45, 2.75) is 45.4 Å². The van der Waals surface area contributed by atoms with Crippen molar-refractivity contribution in [1.29, 1.82) is 0 Å². The third kappa shape index (κ3) is 5.32. The van der Waals surface area contributed by atoms with Crippen LogP contribution in [0.4, 0.5) is 16.2 Å². The lowest BCUT2D eigenvalue weighted by Crippen LogP contribution is -2.30. The first-order valence-electron chi connectivity index (χ1n) is 9.57. The highest BCUT2D eigenvalue weighted by molar-refractivity contribution is 5.96. The van der Waals surface area contributed by atoms with Gasteiger partial charge in [0.1, 0.15) is 5.82 Å². The molecule has 0 atom stereocenters. The Bertz CT molecular complexity index is 767. The molecule has 2 aromatic rings. The van der Waals surface area contributed by atoms with Crippen LogP contribution in [0.1, 0.15) is 43.5 Å². The van der Waals surface area contributed by atoms with Crippen LogP contribution in [-0.4, -0.2) is 28.5 Å². The van der Waals surface area contributed by atoms with Crippen LogP contribution in [-0.2, 0) is 11.2 Å². The van der Waals surface area contributed by atoms with Crippen LogP contribution in [0.15, 0.2) is 30.6 Å². The SMILES string of the molecule is Cc1c(NC(=O)NCCCc2ncc[nH]2)cccc1NC(=O)C1CCCC1. The molecule has 0 bridgehead atoms. The minimum Gasteiger partial charge on any atom is -0.349 e. The van der Waals surface area contributed by atoms with Crippen LogP contribution < -0.4 is 16.0 Å². The highest BCUT2D eigenvalue weighted by Gasteiger charge is 2.23. The molecule has 0 radical (unpaired) electrons. The van der Waals surface area contributed by atoms with E-state index in [1.54, 1.807) is 12.4 Å². The predicted molar refractivity (Wildman–Crippen MR) is 106 cm³/mol. The summed E-state index contributed by atoms with van der Waals surface area (Å²) in [5.74, 6) is 1.10. The molecule has 1 heterocycles. The maximum absolute atomic E-state index is 12.4. The van der Waals surface area contributed by atoms with Gasteiger partial charge in [-0.3, -0.25) is 4.79 Å². The second-order valence-electron chi connectivity index (χ2n) is 6.97. The molecule has 0 aliphatic heterocycles. The minimum absolute atomic E-state index is 0.0788. The molecule has 7 heteroatoms. The molecular formula is C20H27N5O2. The second kappa shape index (κ2) is 9.21. The Labute approximate surface area is 159 Å². The van der Waals surface area contributed by atoms with Gasteiger partial charge in [-0.15, -0.1) is 0 Å². The van der Waals surface area contributed by atoms with Gasteiger partial charge in [-0.1, -0.05) is 18.9 Å². The normalized spacial score (nSPS) is 14.1. The van der Waals surface area contributed by atoms with Gasteiger partial charge >= 0.3 is 6.03 Å². The number of hydrogen-bond donors (Lipinski definition) is 4. The Kier molecular flexibility index (Phi) is 6.46. The molecule has 1 aromatic carbocycles. The monoisotopic (exact) mass is 369 g/mol. The molecule has 3 amide bonds. The number of nitrogens with zero attached hydrogens (tertiary/aromatic N) is 1. The maximum Gasteiger partial charge on any atom is 0.319 e. The number of aromatic nitrogens is 2. The quantitative estimate of drug-likeness (QED) is 0.561. The number of carbonyl (C=O) groups is 2. The third-order valence-electron chi connectivity index (χ3n) is 5.00. The lowest BCUT2D eigenvalue weighted by atomic mass is 10.1. The number of nitrogens with one attached hydrogen (secondary N) is 4. The van der Waals surface area contributed by atoms with Crippen LogP contribution in [0.25, 0.3) is 0 Å². The van der Waals surface area contributed by atoms with Crippen molar-refractivity contribution in [2.24, 2.45) is 5.92 Å². The molecular weight excluding hydrogens is 342 g/mol. The van der Waals surface area contributed by atoms with Crippen LogP contribution in [0.3, 0.4) is 0 Å². The summed E-state index contributed by atoms with van der Waals surface area (Å²) >= 11 is 0. The van der Waals surface area contributed by atoms with E-state index in [-0.39, 0.29) is 17.9 Å². The zero-order valence-corrected chi connectivity index (χ0v) is 15.7. The molecule has 1 aromatic heterocycles. The molecule has 1 aliphatic rings. The summed E-state index contributed by atoms with van der Waals surface area (Å²) in [5, 5.41) is 8.72. The van der Waals surface area contributed by atoms with E-state index in [0.29, 0.717) is 12.2 Å². The Balaban J connectivity index is 1.48. The largest absolute Gasteiger partial charge is 0.349 e. The molecule has 0 saturated heterocycles. The first-order chi connectivity index (χ1) is 13.1. The Morgan fingerprint density at radius 1 is 1.19 bits per heavy atom. The number of rotatable bonds is 7. The molecule has 27 heavy (non-hydrogen) atoms.